The van der Waals surface area contributed by atoms with Gasteiger partial charge in [-0.25, -0.2) is 5.43 Å². The van der Waals surface area contributed by atoms with Crippen molar-refractivity contribution >= 4 is 43.8 Å². The maximum absolute atomic E-state index is 12.9. The van der Waals surface area contributed by atoms with E-state index in [2.05, 4.69) is 10.5 Å². The molecule has 0 aliphatic heterocycles. The number of hydrogen-bond acceptors (Lipinski definition) is 6. The van der Waals surface area contributed by atoms with Crippen LogP contribution in [0.5, 0.6) is 11.5 Å². The Morgan fingerprint density at radius 3 is 2.24 bits per heavy atom. The number of amides is 1. The van der Waals surface area contributed by atoms with Crippen molar-refractivity contribution in [2.24, 2.45) is 5.10 Å². The number of nitrogens with zero attached hydrogens (tertiary/aromatic N) is 1. The van der Waals surface area contributed by atoms with Crippen LogP contribution in [-0.4, -0.2) is 25.6 Å². The normalized spacial score (nSPS) is 11.7. The van der Waals surface area contributed by atoms with Gasteiger partial charge in [-0.05, 0) is 58.8 Å². The van der Waals surface area contributed by atoms with Gasteiger partial charge in [0.05, 0.1) is 11.8 Å². The molecule has 0 heterocycles. The van der Waals surface area contributed by atoms with E-state index in [1.807, 2.05) is 49.4 Å². The number of phenolic OH excluding ortho intramolecular Hbond substituents is 1. The number of rotatable bonds is 6. The third kappa shape index (κ3) is 5.00. The number of aryl methyl sites for hydroxylation is 1. The van der Waals surface area contributed by atoms with Crippen LogP contribution in [-0.2, 0) is 10.1 Å². The van der Waals surface area contributed by atoms with E-state index in [0.717, 1.165) is 21.7 Å². The van der Waals surface area contributed by atoms with Crippen molar-refractivity contribution in [3.05, 3.63) is 114 Å². The summed E-state index contributed by atoms with van der Waals surface area (Å²) in [5, 5.41) is 17.5. The van der Waals surface area contributed by atoms with Crippen LogP contribution >= 0.6 is 0 Å². The van der Waals surface area contributed by atoms with Gasteiger partial charge >= 0.3 is 10.1 Å². The molecule has 7 nitrogen and oxygen atoms in total. The Balaban J connectivity index is 1.47. The number of hydrogen-bond donors (Lipinski definition) is 2. The number of nitrogens with one attached hydrogen (secondary N) is 1. The summed E-state index contributed by atoms with van der Waals surface area (Å²) in [5.74, 6) is -0.731. The molecule has 5 rings (SSSR count). The maximum atomic E-state index is 12.9. The van der Waals surface area contributed by atoms with Crippen molar-refractivity contribution in [3.8, 4) is 11.5 Å². The van der Waals surface area contributed by atoms with Crippen LogP contribution < -0.4 is 9.61 Å². The van der Waals surface area contributed by atoms with Gasteiger partial charge < -0.3 is 9.29 Å². The number of aromatic hydroxyl groups is 1. The first kappa shape index (κ1) is 24.0. The number of fused-ring (bicyclic) bond motifs is 2. The number of benzene rings is 5. The highest BCUT2D eigenvalue weighted by Crippen LogP contribution is 2.29. The summed E-state index contributed by atoms with van der Waals surface area (Å²) >= 11 is 0. The summed E-state index contributed by atoms with van der Waals surface area (Å²) in [5.41, 5.74) is 3.77. The molecule has 0 aliphatic rings. The Hall–Kier alpha value is -4.69. The average Bonchev–Trinajstić information content (AvgIpc) is 2.89. The molecule has 1 amide bonds. The van der Waals surface area contributed by atoms with Gasteiger partial charge in [-0.3, -0.25) is 4.79 Å². The highest BCUT2D eigenvalue weighted by atomic mass is 32.2. The minimum atomic E-state index is -4.11. The molecule has 0 aliphatic carbocycles. The molecule has 0 unspecified atom stereocenters. The predicted octanol–water partition coefficient (Wildman–Crippen LogP) is 5.54. The molecular weight excluding hydrogens is 488 g/mol. The van der Waals surface area contributed by atoms with E-state index in [9.17, 15) is 18.3 Å². The highest BCUT2D eigenvalue weighted by Gasteiger charge is 2.19. The third-order valence-electron chi connectivity index (χ3n) is 5.91. The molecule has 5 aromatic carbocycles. The molecule has 0 saturated carbocycles. The topological polar surface area (TPSA) is 105 Å². The zero-order valence-corrected chi connectivity index (χ0v) is 20.6. The fraction of sp³-hybridized carbons (Fsp3) is 0.0345. The lowest BCUT2D eigenvalue weighted by atomic mass is 10.0. The summed E-state index contributed by atoms with van der Waals surface area (Å²) in [6.07, 6.45) is 1.33. The van der Waals surface area contributed by atoms with Crippen molar-refractivity contribution in [1.29, 1.82) is 0 Å². The van der Waals surface area contributed by atoms with E-state index in [1.165, 1.54) is 24.4 Å². The molecule has 0 aromatic heterocycles. The minimum Gasteiger partial charge on any atom is -0.507 e. The van der Waals surface area contributed by atoms with Gasteiger partial charge in [0.1, 0.15) is 10.6 Å². The van der Waals surface area contributed by atoms with Crippen LogP contribution in [0.15, 0.2) is 107 Å². The number of carbonyl (C=O) groups excluding carboxylic acids is 1. The fourth-order valence-corrected chi connectivity index (χ4v) is 4.93. The summed E-state index contributed by atoms with van der Waals surface area (Å²) in [7, 11) is -4.11. The van der Waals surface area contributed by atoms with Gasteiger partial charge in [-0.2, -0.15) is 13.5 Å². The molecule has 0 fully saturated rings. The van der Waals surface area contributed by atoms with Gasteiger partial charge in [0, 0.05) is 5.56 Å². The summed E-state index contributed by atoms with van der Waals surface area (Å²) in [6.45, 7) is 1.86. The van der Waals surface area contributed by atoms with E-state index < -0.39 is 16.0 Å². The van der Waals surface area contributed by atoms with Crippen molar-refractivity contribution in [1.82, 2.24) is 5.43 Å². The zero-order valence-electron chi connectivity index (χ0n) is 19.8. The van der Waals surface area contributed by atoms with Gasteiger partial charge in [0.25, 0.3) is 5.91 Å². The van der Waals surface area contributed by atoms with Crippen LogP contribution in [0.3, 0.4) is 0 Å². The van der Waals surface area contributed by atoms with Gasteiger partial charge in [-0.15, -0.1) is 0 Å². The van der Waals surface area contributed by atoms with Crippen molar-refractivity contribution in [3.63, 3.8) is 0 Å². The second-order valence-corrected chi connectivity index (χ2v) is 10.0. The minimum absolute atomic E-state index is 0.0224. The van der Waals surface area contributed by atoms with Gasteiger partial charge in [-0.1, -0.05) is 72.3 Å². The smallest absolute Gasteiger partial charge is 0.339 e. The Morgan fingerprint density at radius 1 is 0.865 bits per heavy atom. The lowest BCUT2D eigenvalue weighted by molar-refractivity contribution is 0.0952. The first-order valence-corrected chi connectivity index (χ1v) is 12.8. The van der Waals surface area contributed by atoms with E-state index in [-0.39, 0.29) is 22.0 Å². The van der Waals surface area contributed by atoms with Crippen LogP contribution in [0, 0.1) is 6.92 Å². The standard InChI is InChI=1S/C29H22N2O5S/c1-19-10-13-23(14-11-19)37(34,35)36-28-15-12-20-6-4-5-9-24(20)26(28)18-30-31-29(33)25-16-21-7-2-3-8-22(21)17-27(25)32/h2-18,32H,1H3,(H,31,33)/b30-18-. The van der Waals surface area contributed by atoms with E-state index in [4.69, 9.17) is 4.18 Å². The lowest BCUT2D eigenvalue weighted by Crippen LogP contribution is -2.18. The molecule has 0 atom stereocenters. The Kier molecular flexibility index (Phi) is 6.33. The average molecular weight is 511 g/mol. The lowest BCUT2D eigenvalue weighted by Gasteiger charge is -2.12. The number of phenols is 1. The van der Waals surface area contributed by atoms with Crippen molar-refractivity contribution in [2.45, 2.75) is 11.8 Å². The van der Waals surface area contributed by atoms with Crippen molar-refractivity contribution < 1.29 is 22.5 Å². The molecule has 8 heteroatoms. The molecule has 0 bridgehead atoms. The molecule has 5 aromatic rings. The molecular formula is C29H22N2O5S. The van der Waals surface area contributed by atoms with Crippen LogP contribution in [0.25, 0.3) is 21.5 Å². The SMILES string of the molecule is Cc1ccc(S(=O)(=O)Oc2ccc3ccccc3c2/C=N\NC(=O)c2cc3ccccc3cc2O)cc1. The summed E-state index contributed by atoms with van der Waals surface area (Å²) in [4.78, 5) is 12.8. The van der Waals surface area contributed by atoms with E-state index in [1.54, 1.807) is 36.4 Å². The quantitative estimate of drug-likeness (QED) is 0.177. The monoisotopic (exact) mass is 510 g/mol. The second kappa shape index (κ2) is 9.75. The Bertz CT molecular complexity index is 1780. The number of hydrazone groups is 1. The molecule has 0 saturated heterocycles. The third-order valence-corrected chi connectivity index (χ3v) is 7.16. The molecule has 37 heavy (non-hydrogen) atoms. The first-order valence-electron chi connectivity index (χ1n) is 11.4. The van der Waals surface area contributed by atoms with Crippen LogP contribution in [0.2, 0.25) is 0 Å². The van der Waals surface area contributed by atoms with Gasteiger partial charge in [0.15, 0.2) is 5.75 Å². The molecule has 2 N–H and O–H groups in total. The predicted molar refractivity (Wildman–Crippen MR) is 144 cm³/mol. The highest BCUT2D eigenvalue weighted by molar-refractivity contribution is 7.87. The zero-order chi connectivity index (χ0) is 26.0. The molecule has 0 spiro atoms. The molecule has 0 radical (unpaired) electrons. The Morgan fingerprint density at radius 2 is 1.51 bits per heavy atom. The maximum Gasteiger partial charge on any atom is 0.339 e. The van der Waals surface area contributed by atoms with Crippen LogP contribution in [0.4, 0.5) is 0 Å². The number of carbonyl (C=O) groups is 1. The summed E-state index contributed by atoms with van der Waals surface area (Å²) < 4.78 is 31.4. The largest absolute Gasteiger partial charge is 0.507 e. The second-order valence-electron chi connectivity index (χ2n) is 8.46. The van der Waals surface area contributed by atoms with Crippen LogP contribution in [0.1, 0.15) is 21.5 Å². The van der Waals surface area contributed by atoms with Gasteiger partial charge in [0.2, 0.25) is 0 Å². The molecule has 184 valence electrons. The van der Waals surface area contributed by atoms with Crippen molar-refractivity contribution in [2.75, 3.05) is 0 Å². The summed E-state index contributed by atoms with van der Waals surface area (Å²) in [6, 6.07) is 27.4. The fourth-order valence-electron chi connectivity index (χ4n) is 3.98. The van der Waals surface area contributed by atoms with E-state index >= 15 is 0 Å². The van der Waals surface area contributed by atoms with E-state index in [0.29, 0.717) is 10.9 Å². The Labute approximate surface area is 213 Å². The first-order chi connectivity index (χ1) is 17.8.